The number of rotatable bonds is 3. The Hall–Kier alpha value is -3.96. The lowest BCUT2D eigenvalue weighted by Crippen LogP contribution is -2.41. The Morgan fingerprint density at radius 2 is 1.97 bits per heavy atom. The third kappa shape index (κ3) is 4.08. The summed E-state index contributed by atoms with van der Waals surface area (Å²) < 4.78 is 55.3. The predicted molar refractivity (Wildman–Crippen MR) is 113 cm³/mol. The first-order chi connectivity index (χ1) is 16.6. The van der Waals surface area contributed by atoms with E-state index in [0.29, 0.717) is 16.8 Å². The highest BCUT2D eigenvalue weighted by Gasteiger charge is 2.42. The highest BCUT2D eigenvalue weighted by atomic mass is 19.4. The van der Waals surface area contributed by atoms with E-state index in [2.05, 4.69) is 20.4 Å². The summed E-state index contributed by atoms with van der Waals surface area (Å²) >= 11 is 0. The standard InChI is InChI=1S/C23H18F4N6O2/c1-12-10-32(11-19-29-31-22(33(12)19)23(25,26)27)21(35)16-8-13(6-7-17(16)24)9-18-14-4-2-3-5-15(14)20(34)30-28-18/h2-8,12,15H,9-11H2,1H3. The van der Waals surface area contributed by atoms with E-state index >= 15 is 0 Å². The SMILES string of the molecule is CC1CN(C(=O)c2cc(CC3=C4C=CC=CC4C(=O)N=N3)ccc2F)Cc2nnc(C(F)(F)F)n21. The van der Waals surface area contributed by atoms with Crippen molar-refractivity contribution in [2.75, 3.05) is 6.54 Å². The third-order valence-corrected chi connectivity index (χ3v) is 6.09. The number of carbonyl (C=O) groups excluding carboxylic acids is 2. The van der Waals surface area contributed by atoms with Crippen molar-refractivity contribution in [3.63, 3.8) is 0 Å². The van der Waals surface area contributed by atoms with Gasteiger partial charge in [-0.25, -0.2) is 4.39 Å². The van der Waals surface area contributed by atoms with Crippen LogP contribution in [-0.2, 0) is 23.9 Å². The molecule has 2 aliphatic heterocycles. The molecule has 5 rings (SSSR count). The number of nitrogens with zero attached hydrogens (tertiary/aromatic N) is 6. The van der Waals surface area contributed by atoms with Crippen LogP contribution in [0.4, 0.5) is 17.6 Å². The Bertz CT molecular complexity index is 1350. The van der Waals surface area contributed by atoms with Crippen LogP contribution in [-0.4, -0.2) is 38.0 Å². The number of carbonyl (C=O) groups is 2. The highest BCUT2D eigenvalue weighted by molar-refractivity contribution is 5.94. The van der Waals surface area contributed by atoms with E-state index in [1.807, 2.05) is 0 Å². The second kappa shape index (κ2) is 8.36. The van der Waals surface area contributed by atoms with Gasteiger partial charge in [0.05, 0.1) is 29.8 Å². The molecule has 1 aliphatic carbocycles. The molecular weight excluding hydrogens is 468 g/mol. The van der Waals surface area contributed by atoms with Crippen LogP contribution in [0.3, 0.4) is 0 Å². The molecule has 1 aromatic carbocycles. The molecule has 2 atom stereocenters. The normalized spacial score (nSPS) is 21.4. The van der Waals surface area contributed by atoms with Crippen LogP contribution in [0.15, 0.2) is 64.0 Å². The fourth-order valence-corrected chi connectivity index (χ4v) is 4.49. The molecule has 2 unspecified atom stereocenters. The second-order valence-corrected chi connectivity index (χ2v) is 8.50. The molecule has 8 nitrogen and oxygen atoms in total. The summed E-state index contributed by atoms with van der Waals surface area (Å²) in [4.78, 5) is 26.4. The molecule has 35 heavy (non-hydrogen) atoms. The number of halogens is 4. The van der Waals surface area contributed by atoms with Crippen molar-refractivity contribution in [1.29, 1.82) is 0 Å². The van der Waals surface area contributed by atoms with Crippen molar-refractivity contribution in [3.05, 3.63) is 82.4 Å². The molecule has 0 N–H and O–H groups in total. The lowest BCUT2D eigenvalue weighted by Gasteiger charge is -2.33. The van der Waals surface area contributed by atoms with Gasteiger partial charge >= 0.3 is 6.18 Å². The number of fused-ring (bicyclic) bond motifs is 2. The Morgan fingerprint density at radius 3 is 2.74 bits per heavy atom. The maximum atomic E-state index is 14.7. The largest absolute Gasteiger partial charge is 0.451 e. The van der Waals surface area contributed by atoms with Crippen molar-refractivity contribution in [2.24, 2.45) is 16.1 Å². The van der Waals surface area contributed by atoms with E-state index in [-0.39, 0.29) is 36.8 Å². The zero-order chi connectivity index (χ0) is 24.9. The van der Waals surface area contributed by atoms with Gasteiger partial charge in [-0.15, -0.1) is 15.3 Å². The van der Waals surface area contributed by atoms with Gasteiger partial charge in [-0.2, -0.15) is 18.3 Å². The summed E-state index contributed by atoms with van der Waals surface area (Å²) in [6, 6.07) is 3.30. The van der Waals surface area contributed by atoms with Gasteiger partial charge in [-0.3, -0.25) is 9.59 Å². The fraction of sp³-hybridized carbons (Fsp3) is 0.304. The van der Waals surface area contributed by atoms with Gasteiger partial charge in [0.2, 0.25) is 5.82 Å². The van der Waals surface area contributed by atoms with Gasteiger partial charge in [-0.1, -0.05) is 30.4 Å². The Morgan fingerprint density at radius 1 is 1.17 bits per heavy atom. The van der Waals surface area contributed by atoms with Crippen LogP contribution in [0.1, 0.15) is 40.5 Å². The summed E-state index contributed by atoms with van der Waals surface area (Å²) in [5.74, 6) is -3.48. The number of amides is 2. The number of allylic oxidation sites excluding steroid dienone is 4. The molecule has 2 aromatic rings. The molecule has 12 heteroatoms. The van der Waals surface area contributed by atoms with E-state index in [1.54, 1.807) is 24.3 Å². The maximum Gasteiger partial charge on any atom is 0.451 e. The minimum Gasteiger partial charge on any atom is -0.329 e. The number of hydrogen-bond acceptors (Lipinski definition) is 5. The van der Waals surface area contributed by atoms with Crippen LogP contribution in [0, 0.1) is 11.7 Å². The van der Waals surface area contributed by atoms with E-state index in [4.69, 9.17) is 0 Å². The first-order valence-corrected chi connectivity index (χ1v) is 10.8. The molecule has 0 fully saturated rings. The molecule has 3 aliphatic rings. The lowest BCUT2D eigenvalue weighted by molar-refractivity contribution is -0.148. The monoisotopic (exact) mass is 486 g/mol. The molecule has 2 amide bonds. The van der Waals surface area contributed by atoms with E-state index in [1.165, 1.54) is 24.0 Å². The average molecular weight is 486 g/mol. The topological polar surface area (TPSA) is 92.8 Å². The maximum absolute atomic E-state index is 14.7. The number of hydrogen-bond donors (Lipinski definition) is 0. The molecule has 3 heterocycles. The second-order valence-electron chi connectivity index (χ2n) is 8.50. The van der Waals surface area contributed by atoms with Crippen LogP contribution in [0.25, 0.3) is 0 Å². The first kappa shape index (κ1) is 22.8. The fourth-order valence-electron chi connectivity index (χ4n) is 4.49. The zero-order valence-corrected chi connectivity index (χ0v) is 18.3. The lowest BCUT2D eigenvalue weighted by atomic mass is 9.89. The Balaban J connectivity index is 1.41. The molecule has 0 saturated heterocycles. The summed E-state index contributed by atoms with van der Waals surface area (Å²) in [7, 11) is 0. The molecule has 0 bridgehead atoms. The Kier molecular flexibility index (Phi) is 5.45. The van der Waals surface area contributed by atoms with Crippen molar-refractivity contribution in [3.8, 4) is 0 Å². The number of azo groups is 1. The number of benzene rings is 1. The van der Waals surface area contributed by atoms with E-state index in [0.717, 1.165) is 10.6 Å². The average Bonchev–Trinajstić information content (AvgIpc) is 3.27. The minimum absolute atomic E-state index is 0.0246. The molecule has 0 spiro atoms. The van der Waals surface area contributed by atoms with Crippen molar-refractivity contribution < 1.29 is 27.2 Å². The van der Waals surface area contributed by atoms with Crippen LogP contribution in [0.2, 0.25) is 0 Å². The minimum atomic E-state index is -4.68. The first-order valence-electron chi connectivity index (χ1n) is 10.8. The van der Waals surface area contributed by atoms with Gasteiger partial charge in [0.1, 0.15) is 5.82 Å². The van der Waals surface area contributed by atoms with Gasteiger partial charge in [0, 0.05) is 13.0 Å². The Labute approximate surface area is 196 Å². The summed E-state index contributed by atoms with van der Waals surface area (Å²) in [5, 5.41) is 14.5. The van der Waals surface area contributed by atoms with Crippen LogP contribution >= 0.6 is 0 Å². The molecule has 0 radical (unpaired) electrons. The number of alkyl halides is 3. The van der Waals surface area contributed by atoms with Crippen LogP contribution < -0.4 is 0 Å². The highest BCUT2D eigenvalue weighted by Crippen LogP contribution is 2.34. The summed E-state index contributed by atoms with van der Waals surface area (Å²) in [6.07, 6.45) is 2.55. The quantitative estimate of drug-likeness (QED) is 0.609. The molecular formula is C23H18F4N6O2. The van der Waals surface area contributed by atoms with Crippen molar-refractivity contribution >= 4 is 11.8 Å². The zero-order valence-electron chi connectivity index (χ0n) is 18.3. The van der Waals surface area contributed by atoms with Gasteiger partial charge in [0.15, 0.2) is 5.82 Å². The van der Waals surface area contributed by atoms with E-state index < -0.39 is 35.7 Å². The van der Waals surface area contributed by atoms with Crippen molar-refractivity contribution in [1.82, 2.24) is 19.7 Å². The van der Waals surface area contributed by atoms with Crippen LogP contribution in [0.5, 0.6) is 0 Å². The smallest absolute Gasteiger partial charge is 0.329 e. The van der Waals surface area contributed by atoms with Gasteiger partial charge in [0.25, 0.3) is 11.8 Å². The molecule has 180 valence electrons. The number of aromatic nitrogens is 3. The summed E-state index contributed by atoms with van der Waals surface area (Å²) in [6.45, 7) is 1.21. The molecule has 0 saturated carbocycles. The van der Waals surface area contributed by atoms with Crippen molar-refractivity contribution in [2.45, 2.75) is 32.1 Å². The van der Waals surface area contributed by atoms with E-state index in [9.17, 15) is 27.2 Å². The van der Waals surface area contributed by atoms with Gasteiger partial charge < -0.3 is 9.47 Å². The molecule has 1 aromatic heterocycles. The third-order valence-electron chi connectivity index (χ3n) is 6.09. The summed E-state index contributed by atoms with van der Waals surface area (Å²) in [5.41, 5.74) is 1.57. The predicted octanol–water partition coefficient (Wildman–Crippen LogP) is 4.18. The van der Waals surface area contributed by atoms with Gasteiger partial charge in [-0.05, 0) is 30.2 Å².